The Morgan fingerprint density at radius 1 is 1.04 bits per heavy atom. The first-order valence-electron chi connectivity index (χ1n) is 7.36. The molecule has 0 saturated carbocycles. The number of hydrogen-bond acceptors (Lipinski definition) is 5. The van der Waals surface area contributed by atoms with Gasteiger partial charge < -0.3 is 14.8 Å². The highest BCUT2D eigenvalue weighted by Crippen LogP contribution is 2.12. The lowest BCUT2D eigenvalue weighted by Crippen LogP contribution is -2.31. The highest BCUT2D eigenvalue weighted by atomic mass is 79.9. The van der Waals surface area contributed by atoms with Gasteiger partial charge in [-0.25, -0.2) is 0 Å². The Bertz CT molecular complexity index is 773. The van der Waals surface area contributed by atoms with Crippen molar-refractivity contribution in [1.29, 1.82) is 0 Å². The number of rotatable bonds is 7. The van der Waals surface area contributed by atoms with Crippen molar-refractivity contribution < 1.29 is 23.9 Å². The van der Waals surface area contributed by atoms with Gasteiger partial charge in [0.05, 0.1) is 7.11 Å². The summed E-state index contributed by atoms with van der Waals surface area (Å²) in [7, 11) is 1.53. The van der Waals surface area contributed by atoms with Gasteiger partial charge in [0, 0.05) is 15.6 Å². The van der Waals surface area contributed by atoms with Crippen LogP contribution in [0.1, 0.15) is 20.7 Å². The number of carbonyl (C=O) groups excluding carboxylic acids is 3. The van der Waals surface area contributed by atoms with Crippen molar-refractivity contribution in [2.75, 3.05) is 20.3 Å². The molecule has 0 aliphatic rings. The van der Waals surface area contributed by atoms with E-state index in [-0.39, 0.29) is 18.9 Å². The number of halogens is 1. The summed E-state index contributed by atoms with van der Waals surface area (Å²) in [5, 5.41) is 2.44. The van der Waals surface area contributed by atoms with Crippen molar-refractivity contribution in [3.63, 3.8) is 0 Å². The number of ketones is 1. The fraction of sp³-hybridized carbons (Fsp3) is 0.167. The van der Waals surface area contributed by atoms with Crippen molar-refractivity contribution in [2.24, 2.45) is 0 Å². The monoisotopic (exact) mass is 405 g/mol. The molecule has 1 amide bonds. The molecule has 1 N–H and O–H groups in total. The number of esters is 1. The van der Waals surface area contributed by atoms with Crippen LogP contribution in [0, 0.1) is 0 Å². The topological polar surface area (TPSA) is 81.7 Å². The van der Waals surface area contributed by atoms with Crippen molar-refractivity contribution in [3.05, 3.63) is 64.1 Å². The molecule has 0 aliphatic carbocycles. The van der Waals surface area contributed by atoms with Crippen molar-refractivity contribution in [3.8, 4) is 5.75 Å². The Morgan fingerprint density at radius 2 is 1.76 bits per heavy atom. The van der Waals surface area contributed by atoms with Gasteiger partial charge in [-0.15, -0.1) is 0 Å². The van der Waals surface area contributed by atoms with E-state index in [1.165, 1.54) is 7.11 Å². The number of methoxy groups -OCH3 is 1. The lowest BCUT2D eigenvalue weighted by atomic mass is 10.1. The molecule has 2 aromatic rings. The maximum absolute atomic E-state index is 11.9. The molecule has 25 heavy (non-hydrogen) atoms. The summed E-state index contributed by atoms with van der Waals surface area (Å²) >= 11 is 3.27. The summed E-state index contributed by atoms with van der Waals surface area (Å²) in [6.45, 7) is -0.704. The maximum atomic E-state index is 11.9. The summed E-state index contributed by atoms with van der Waals surface area (Å²) in [6.07, 6.45) is 0. The molecule has 0 bridgehead atoms. The van der Waals surface area contributed by atoms with Crippen molar-refractivity contribution >= 4 is 33.6 Å². The number of benzene rings is 2. The highest BCUT2D eigenvalue weighted by Gasteiger charge is 2.12. The minimum Gasteiger partial charge on any atom is -0.497 e. The van der Waals surface area contributed by atoms with Crippen LogP contribution in [0.4, 0.5) is 0 Å². The lowest BCUT2D eigenvalue weighted by Gasteiger charge is -2.07. The first-order chi connectivity index (χ1) is 12.0. The zero-order valence-electron chi connectivity index (χ0n) is 13.5. The van der Waals surface area contributed by atoms with E-state index < -0.39 is 11.9 Å². The number of nitrogens with one attached hydrogen (secondary N) is 1. The molecule has 130 valence electrons. The van der Waals surface area contributed by atoms with Gasteiger partial charge in [-0.1, -0.05) is 28.1 Å². The van der Waals surface area contributed by atoms with Crippen LogP contribution >= 0.6 is 15.9 Å². The summed E-state index contributed by atoms with van der Waals surface area (Å²) in [6, 6.07) is 13.2. The number of ether oxygens (including phenoxy) is 2. The molecule has 2 aromatic carbocycles. The van der Waals surface area contributed by atoms with E-state index >= 15 is 0 Å². The van der Waals surface area contributed by atoms with E-state index in [4.69, 9.17) is 9.47 Å². The second-order valence-corrected chi connectivity index (χ2v) is 5.92. The molecule has 0 spiro atoms. The zero-order valence-corrected chi connectivity index (χ0v) is 15.0. The van der Waals surface area contributed by atoms with Crippen LogP contribution in [0.3, 0.4) is 0 Å². The largest absolute Gasteiger partial charge is 0.497 e. The second-order valence-electron chi connectivity index (χ2n) is 5.01. The summed E-state index contributed by atoms with van der Waals surface area (Å²) in [5.41, 5.74) is 0.822. The fourth-order valence-corrected chi connectivity index (χ4v) is 2.34. The van der Waals surface area contributed by atoms with Gasteiger partial charge in [0.15, 0.2) is 12.4 Å². The Kier molecular flexibility index (Phi) is 6.71. The second kappa shape index (κ2) is 8.98. The third-order valence-corrected chi connectivity index (χ3v) is 3.75. The molecule has 0 heterocycles. The number of hydrogen-bond donors (Lipinski definition) is 1. The third-order valence-electron chi connectivity index (χ3n) is 3.26. The highest BCUT2D eigenvalue weighted by molar-refractivity contribution is 9.10. The zero-order chi connectivity index (χ0) is 18.2. The van der Waals surface area contributed by atoms with Gasteiger partial charge in [0.1, 0.15) is 12.3 Å². The molecule has 0 aromatic heterocycles. The van der Waals surface area contributed by atoms with Gasteiger partial charge in [0.2, 0.25) is 0 Å². The third kappa shape index (κ3) is 5.72. The minimum atomic E-state index is -0.690. The van der Waals surface area contributed by atoms with Gasteiger partial charge in [0.25, 0.3) is 5.91 Å². The Balaban J connectivity index is 1.78. The number of amides is 1. The molecule has 0 fully saturated rings. The summed E-state index contributed by atoms with van der Waals surface area (Å²) in [4.78, 5) is 35.5. The Hall–Kier alpha value is -2.67. The predicted molar refractivity (Wildman–Crippen MR) is 94.8 cm³/mol. The van der Waals surface area contributed by atoms with E-state index in [1.807, 2.05) is 0 Å². The quantitative estimate of drug-likeness (QED) is 0.565. The average Bonchev–Trinajstić information content (AvgIpc) is 2.64. The van der Waals surface area contributed by atoms with Gasteiger partial charge in [-0.05, 0) is 36.4 Å². The van der Waals surface area contributed by atoms with Crippen molar-refractivity contribution in [1.82, 2.24) is 5.32 Å². The average molecular weight is 406 g/mol. The molecule has 6 nitrogen and oxygen atoms in total. The van der Waals surface area contributed by atoms with Gasteiger partial charge in [-0.2, -0.15) is 0 Å². The van der Waals surface area contributed by atoms with Crippen LogP contribution in [0.15, 0.2) is 53.0 Å². The van der Waals surface area contributed by atoms with Crippen LogP contribution in [0.25, 0.3) is 0 Å². The summed E-state index contributed by atoms with van der Waals surface area (Å²) in [5.74, 6) is -0.804. The summed E-state index contributed by atoms with van der Waals surface area (Å²) < 4.78 is 10.6. The minimum absolute atomic E-state index is 0.323. The fourth-order valence-electron chi connectivity index (χ4n) is 1.94. The van der Waals surface area contributed by atoms with E-state index in [9.17, 15) is 14.4 Å². The van der Waals surface area contributed by atoms with E-state index in [0.717, 1.165) is 4.47 Å². The first-order valence-corrected chi connectivity index (χ1v) is 8.15. The van der Waals surface area contributed by atoms with Crippen LogP contribution < -0.4 is 10.1 Å². The molecule has 0 radical (unpaired) electrons. The standard InChI is InChI=1S/C18H16BrNO5/c1-24-15-7-5-12(6-8-15)18(23)20-10-17(22)25-11-16(21)13-3-2-4-14(19)9-13/h2-9H,10-11H2,1H3,(H,20,23). The Morgan fingerprint density at radius 3 is 2.40 bits per heavy atom. The van der Waals surface area contributed by atoms with E-state index in [2.05, 4.69) is 21.2 Å². The SMILES string of the molecule is COc1ccc(C(=O)NCC(=O)OCC(=O)c2cccc(Br)c2)cc1. The molecular weight excluding hydrogens is 390 g/mol. The Labute approximate surface area is 153 Å². The van der Waals surface area contributed by atoms with Crippen LogP contribution in [0.2, 0.25) is 0 Å². The predicted octanol–water partition coefficient (Wildman–Crippen LogP) is 2.61. The van der Waals surface area contributed by atoms with E-state index in [0.29, 0.717) is 16.9 Å². The molecule has 0 aliphatic heterocycles. The molecule has 0 atom stereocenters. The number of Topliss-reactive ketones (excluding diaryl/α,β-unsaturated/α-hetero) is 1. The normalized spacial score (nSPS) is 10.0. The van der Waals surface area contributed by atoms with E-state index in [1.54, 1.807) is 48.5 Å². The smallest absolute Gasteiger partial charge is 0.325 e. The molecule has 0 unspecified atom stereocenters. The van der Waals surface area contributed by atoms with Crippen LogP contribution in [-0.2, 0) is 9.53 Å². The van der Waals surface area contributed by atoms with Crippen molar-refractivity contribution in [2.45, 2.75) is 0 Å². The first kappa shape index (κ1) is 18.7. The van der Waals surface area contributed by atoms with Crippen LogP contribution in [-0.4, -0.2) is 37.9 Å². The molecule has 0 saturated heterocycles. The van der Waals surface area contributed by atoms with Gasteiger partial charge >= 0.3 is 5.97 Å². The molecular formula is C18H16BrNO5. The molecule has 7 heteroatoms. The molecule has 2 rings (SSSR count). The lowest BCUT2D eigenvalue weighted by molar-refractivity contribution is -0.141. The van der Waals surface area contributed by atoms with Crippen LogP contribution in [0.5, 0.6) is 5.75 Å². The van der Waals surface area contributed by atoms with Gasteiger partial charge in [-0.3, -0.25) is 14.4 Å². The maximum Gasteiger partial charge on any atom is 0.325 e. The number of carbonyl (C=O) groups is 3.